The molecular weight excluding hydrogens is 192 g/mol. The first-order valence-corrected chi connectivity index (χ1v) is 7.85. The molecule has 0 heterocycles. The summed E-state index contributed by atoms with van der Waals surface area (Å²) in [7, 11) is 1.90. The summed E-state index contributed by atoms with van der Waals surface area (Å²) in [5, 5.41) is 0. The molecule has 1 aliphatic rings. The summed E-state index contributed by atoms with van der Waals surface area (Å²) in [5.74, 6) is 0.801. The van der Waals surface area contributed by atoms with Gasteiger partial charge in [-0.05, 0) is 24.8 Å². The molecule has 0 radical (unpaired) electrons. The van der Waals surface area contributed by atoms with Gasteiger partial charge in [-0.3, -0.25) is 0 Å². The van der Waals surface area contributed by atoms with Gasteiger partial charge in [0.25, 0.3) is 0 Å². The maximum atomic E-state index is 5.71. The van der Waals surface area contributed by atoms with Crippen molar-refractivity contribution < 1.29 is 8.85 Å². The van der Waals surface area contributed by atoms with Crippen molar-refractivity contribution in [2.24, 2.45) is 5.92 Å². The largest absolute Gasteiger partial charge is 0.397 e. The summed E-state index contributed by atoms with van der Waals surface area (Å²) in [6, 6.07) is 1.18. The fourth-order valence-corrected chi connectivity index (χ4v) is 5.50. The van der Waals surface area contributed by atoms with Crippen LogP contribution < -0.4 is 0 Å². The zero-order valence-corrected chi connectivity index (χ0v) is 11.0. The summed E-state index contributed by atoms with van der Waals surface area (Å²) < 4.78 is 11.4. The highest BCUT2D eigenvalue weighted by Gasteiger charge is 2.49. The van der Waals surface area contributed by atoms with Crippen molar-refractivity contribution in [2.45, 2.75) is 51.1 Å². The van der Waals surface area contributed by atoms with Crippen LogP contribution in [0.2, 0.25) is 11.6 Å². The minimum Gasteiger partial charge on any atom is -0.397 e. The minimum atomic E-state index is -1.78. The molecule has 2 nitrogen and oxygen atoms in total. The number of hydrogen-bond donors (Lipinski definition) is 0. The van der Waals surface area contributed by atoms with E-state index in [1.807, 2.05) is 14.2 Å². The predicted octanol–water partition coefficient (Wildman–Crippen LogP) is 3.32. The maximum Gasteiger partial charge on any atom is 0.340 e. The molecule has 0 spiro atoms. The molecule has 1 saturated carbocycles. The standard InChI is InChI=1S/C11H24O2Si/c1-10(2)6-5-9-14(12-3,13-4)11-7-8-11/h10-11H,5-9H2,1-4H3. The van der Waals surface area contributed by atoms with Crippen LogP contribution in [0.25, 0.3) is 0 Å². The minimum absolute atomic E-state index is 0.782. The lowest BCUT2D eigenvalue weighted by atomic mass is 10.1. The molecule has 0 bridgehead atoms. The first kappa shape index (κ1) is 12.2. The Labute approximate surface area is 89.2 Å². The van der Waals surface area contributed by atoms with Crippen molar-refractivity contribution in [2.75, 3.05) is 14.2 Å². The molecule has 0 N–H and O–H groups in total. The molecule has 84 valence electrons. The van der Waals surface area contributed by atoms with Crippen molar-refractivity contribution in [1.82, 2.24) is 0 Å². The zero-order valence-electron chi connectivity index (χ0n) is 10.0. The molecule has 1 fully saturated rings. The summed E-state index contributed by atoms with van der Waals surface area (Å²) in [6.07, 6.45) is 5.22. The Morgan fingerprint density at radius 2 is 1.79 bits per heavy atom. The third kappa shape index (κ3) is 3.07. The lowest BCUT2D eigenvalue weighted by molar-refractivity contribution is 0.237. The third-order valence-corrected chi connectivity index (χ3v) is 7.45. The van der Waals surface area contributed by atoms with Gasteiger partial charge in [0.2, 0.25) is 0 Å². The van der Waals surface area contributed by atoms with E-state index < -0.39 is 8.56 Å². The van der Waals surface area contributed by atoms with Crippen LogP contribution in [0.15, 0.2) is 0 Å². The van der Waals surface area contributed by atoms with Gasteiger partial charge in [-0.2, -0.15) is 0 Å². The average molecular weight is 216 g/mol. The molecule has 1 aliphatic carbocycles. The Bertz CT molecular complexity index is 163. The second kappa shape index (κ2) is 5.28. The number of hydrogen-bond acceptors (Lipinski definition) is 2. The van der Waals surface area contributed by atoms with Crippen LogP contribution in [0.4, 0.5) is 0 Å². The fourth-order valence-electron chi connectivity index (χ4n) is 2.10. The van der Waals surface area contributed by atoms with Crippen LogP contribution in [-0.2, 0) is 8.85 Å². The molecule has 0 aliphatic heterocycles. The highest BCUT2D eigenvalue weighted by Crippen LogP contribution is 2.48. The van der Waals surface area contributed by atoms with Gasteiger partial charge >= 0.3 is 8.56 Å². The Morgan fingerprint density at radius 1 is 1.21 bits per heavy atom. The van der Waals surface area contributed by atoms with Crippen molar-refractivity contribution >= 4 is 8.56 Å². The normalized spacial score (nSPS) is 17.8. The van der Waals surface area contributed by atoms with Crippen molar-refractivity contribution in [1.29, 1.82) is 0 Å². The van der Waals surface area contributed by atoms with E-state index in [1.54, 1.807) is 0 Å². The fraction of sp³-hybridized carbons (Fsp3) is 1.00. The van der Waals surface area contributed by atoms with Crippen LogP contribution in [0.3, 0.4) is 0 Å². The smallest absolute Gasteiger partial charge is 0.340 e. The van der Waals surface area contributed by atoms with Crippen LogP contribution in [0.5, 0.6) is 0 Å². The number of rotatable bonds is 7. The van der Waals surface area contributed by atoms with Crippen molar-refractivity contribution in [3.05, 3.63) is 0 Å². The Hall–Kier alpha value is 0.137. The maximum absolute atomic E-state index is 5.71. The van der Waals surface area contributed by atoms with Gasteiger partial charge in [0.05, 0.1) is 0 Å². The van der Waals surface area contributed by atoms with Gasteiger partial charge in [0, 0.05) is 19.8 Å². The SMILES string of the molecule is CO[Si](CCCC(C)C)(OC)C1CC1. The van der Waals surface area contributed by atoms with E-state index in [2.05, 4.69) is 13.8 Å². The topological polar surface area (TPSA) is 18.5 Å². The first-order chi connectivity index (χ1) is 6.64. The predicted molar refractivity (Wildman–Crippen MR) is 61.6 cm³/mol. The monoisotopic (exact) mass is 216 g/mol. The Kier molecular flexibility index (Phi) is 4.61. The van der Waals surface area contributed by atoms with E-state index in [1.165, 1.54) is 31.7 Å². The third-order valence-electron chi connectivity index (χ3n) is 3.20. The Balaban J connectivity index is 2.34. The first-order valence-electron chi connectivity index (χ1n) is 5.75. The second-order valence-electron chi connectivity index (χ2n) is 4.78. The van der Waals surface area contributed by atoms with Gasteiger partial charge in [0.1, 0.15) is 0 Å². The van der Waals surface area contributed by atoms with Gasteiger partial charge in [-0.1, -0.05) is 26.7 Å². The van der Waals surface area contributed by atoms with Crippen LogP contribution >= 0.6 is 0 Å². The van der Waals surface area contributed by atoms with E-state index in [4.69, 9.17) is 8.85 Å². The summed E-state index contributed by atoms with van der Waals surface area (Å²) in [6.45, 7) is 4.56. The van der Waals surface area contributed by atoms with Gasteiger partial charge in [0.15, 0.2) is 0 Å². The molecular formula is C11H24O2Si. The van der Waals surface area contributed by atoms with E-state index in [9.17, 15) is 0 Å². The lowest BCUT2D eigenvalue weighted by Crippen LogP contribution is -2.40. The average Bonchev–Trinajstić information content (AvgIpc) is 2.96. The lowest BCUT2D eigenvalue weighted by Gasteiger charge is -2.27. The van der Waals surface area contributed by atoms with Gasteiger partial charge in [-0.25, -0.2) is 0 Å². The molecule has 0 atom stereocenters. The molecule has 3 heteroatoms. The summed E-state index contributed by atoms with van der Waals surface area (Å²) >= 11 is 0. The van der Waals surface area contributed by atoms with E-state index >= 15 is 0 Å². The molecule has 0 aromatic rings. The summed E-state index contributed by atoms with van der Waals surface area (Å²) in [5.41, 5.74) is 0.782. The molecule has 0 amide bonds. The summed E-state index contributed by atoms with van der Waals surface area (Å²) in [4.78, 5) is 0. The van der Waals surface area contributed by atoms with Crippen molar-refractivity contribution in [3.63, 3.8) is 0 Å². The quantitative estimate of drug-likeness (QED) is 0.608. The highest BCUT2D eigenvalue weighted by molar-refractivity contribution is 6.69. The molecule has 0 unspecified atom stereocenters. The van der Waals surface area contributed by atoms with Gasteiger partial charge < -0.3 is 8.85 Å². The highest BCUT2D eigenvalue weighted by atomic mass is 28.4. The Morgan fingerprint density at radius 3 is 2.14 bits per heavy atom. The molecule has 14 heavy (non-hydrogen) atoms. The van der Waals surface area contributed by atoms with Crippen LogP contribution in [0, 0.1) is 5.92 Å². The zero-order chi connectivity index (χ0) is 10.6. The molecule has 0 saturated heterocycles. The second-order valence-corrected chi connectivity index (χ2v) is 8.54. The van der Waals surface area contributed by atoms with Crippen LogP contribution in [0.1, 0.15) is 39.5 Å². The molecule has 0 aromatic carbocycles. The van der Waals surface area contributed by atoms with Crippen LogP contribution in [-0.4, -0.2) is 22.8 Å². The molecule has 1 rings (SSSR count). The van der Waals surface area contributed by atoms with Crippen molar-refractivity contribution in [3.8, 4) is 0 Å². The molecule has 0 aromatic heterocycles. The van der Waals surface area contributed by atoms with E-state index in [0.717, 1.165) is 11.5 Å². The van der Waals surface area contributed by atoms with Gasteiger partial charge in [-0.15, -0.1) is 0 Å². The van der Waals surface area contributed by atoms with E-state index in [-0.39, 0.29) is 0 Å². The van der Waals surface area contributed by atoms with E-state index in [0.29, 0.717) is 0 Å².